The minimum Gasteiger partial charge on any atom is -0.351 e. The molecule has 3 aromatic rings. The summed E-state index contributed by atoms with van der Waals surface area (Å²) in [6.45, 7) is 1.27. The Morgan fingerprint density at radius 1 is 1.13 bits per heavy atom. The summed E-state index contributed by atoms with van der Waals surface area (Å²) in [6, 6.07) is 10.1. The summed E-state index contributed by atoms with van der Waals surface area (Å²) in [5.41, 5.74) is 3.22. The SMILES string of the molecule is CN=C(NCc1ccnn1C)NCc1nc2ccccc2n1C. The van der Waals surface area contributed by atoms with Crippen molar-refractivity contribution in [1.29, 1.82) is 0 Å². The van der Waals surface area contributed by atoms with E-state index < -0.39 is 0 Å². The lowest BCUT2D eigenvalue weighted by atomic mass is 10.3. The van der Waals surface area contributed by atoms with Crippen LogP contribution in [0.1, 0.15) is 11.5 Å². The number of aromatic nitrogens is 4. The number of nitrogens with zero attached hydrogens (tertiary/aromatic N) is 5. The van der Waals surface area contributed by atoms with Gasteiger partial charge in [-0.25, -0.2) is 4.98 Å². The van der Waals surface area contributed by atoms with E-state index in [-0.39, 0.29) is 0 Å². The molecular weight excluding hydrogens is 290 g/mol. The van der Waals surface area contributed by atoms with Crippen LogP contribution in [-0.2, 0) is 27.2 Å². The van der Waals surface area contributed by atoms with Gasteiger partial charge in [0.05, 0.1) is 29.8 Å². The molecule has 23 heavy (non-hydrogen) atoms. The second-order valence-electron chi connectivity index (χ2n) is 5.30. The van der Waals surface area contributed by atoms with Crippen molar-refractivity contribution in [3.05, 3.63) is 48.0 Å². The van der Waals surface area contributed by atoms with Crippen molar-refractivity contribution in [3.63, 3.8) is 0 Å². The zero-order valence-electron chi connectivity index (χ0n) is 13.6. The number of fused-ring (bicyclic) bond motifs is 1. The molecular formula is C16H21N7. The first-order chi connectivity index (χ1) is 11.2. The first-order valence-electron chi connectivity index (χ1n) is 7.51. The van der Waals surface area contributed by atoms with E-state index in [2.05, 4.69) is 36.3 Å². The normalized spacial score (nSPS) is 11.9. The average molecular weight is 311 g/mol. The summed E-state index contributed by atoms with van der Waals surface area (Å²) in [6.07, 6.45) is 1.78. The Hall–Kier alpha value is -2.83. The molecule has 2 N–H and O–H groups in total. The minimum atomic E-state index is 0.607. The molecule has 0 atom stereocenters. The lowest BCUT2D eigenvalue weighted by molar-refractivity contribution is 0.679. The fraction of sp³-hybridized carbons (Fsp3) is 0.312. The van der Waals surface area contributed by atoms with E-state index in [1.54, 1.807) is 13.2 Å². The molecule has 0 aliphatic heterocycles. The van der Waals surface area contributed by atoms with Gasteiger partial charge in [0.15, 0.2) is 5.96 Å². The molecule has 3 rings (SSSR count). The lowest BCUT2D eigenvalue weighted by Gasteiger charge is -2.12. The molecule has 0 bridgehead atoms. The van der Waals surface area contributed by atoms with Crippen LogP contribution in [0.3, 0.4) is 0 Å². The number of imidazole rings is 1. The molecule has 7 nitrogen and oxygen atoms in total. The van der Waals surface area contributed by atoms with E-state index in [9.17, 15) is 0 Å². The number of aliphatic imine (C=N–C) groups is 1. The molecule has 0 spiro atoms. The summed E-state index contributed by atoms with van der Waals surface area (Å²) in [5, 5.41) is 10.7. The van der Waals surface area contributed by atoms with Gasteiger partial charge in [0.2, 0.25) is 0 Å². The molecule has 120 valence electrons. The number of hydrogen-bond donors (Lipinski definition) is 2. The molecule has 0 unspecified atom stereocenters. The van der Waals surface area contributed by atoms with Crippen molar-refractivity contribution >= 4 is 17.0 Å². The van der Waals surface area contributed by atoms with Gasteiger partial charge in [-0.15, -0.1) is 0 Å². The first kappa shape index (κ1) is 15.1. The summed E-state index contributed by atoms with van der Waals surface area (Å²) >= 11 is 0. The van der Waals surface area contributed by atoms with Crippen molar-refractivity contribution in [2.45, 2.75) is 13.1 Å². The number of guanidine groups is 1. The van der Waals surface area contributed by atoms with E-state index in [0.29, 0.717) is 13.1 Å². The fourth-order valence-electron chi connectivity index (χ4n) is 2.49. The highest BCUT2D eigenvalue weighted by Gasteiger charge is 2.08. The molecule has 0 radical (unpaired) electrons. The number of hydrogen-bond acceptors (Lipinski definition) is 3. The van der Waals surface area contributed by atoms with E-state index >= 15 is 0 Å². The molecule has 0 aliphatic carbocycles. The van der Waals surface area contributed by atoms with Gasteiger partial charge >= 0.3 is 0 Å². The van der Waals surface area contributed by atoms with Crippen LogP contribution in [0.25, 0.3) is 11.0 Å². The number of rotatable bonds is 4. The highest BCUT2D eigenvalue weighted by atomic mass is 15.3. The molecule has 0 amide bonds. The third-order valence-electron chi connectivity index (χ3n) is 3.88. The molecule has 1 aromatic carbocycles. The Morgan fingerprint density at radius 3 is 2.61 bits per heavy atom. The summed E-state index contributed by atoms with van der Waals surface area (Å²) in [5.74, 6) is 1.70. The van der Waals surface area contributed by atoms with Gasteiger partial charge in [0, 0.05) is 27.3 Å². The van der Waals surface area contributed by atoms with Gasteiger partial charge in [-0.05, 0) is 18.2 Å². The fourth-order valence-corrected chi connectivity index (χ4v) is 2.49. The van der Waals surface area contributed by atoms with Gasteiger partial charge in [-0.1, -0.05) is 12.1 Å². The number of aryl methyl sites for hydroxylation is 2. The summed E-state index contributed by atoms with van der Waals surface area (Å²) < 4.78 is 3.93. The van der Waals surface area contributed by atoms with E-state index in [1.807, 2.05) is 43.0 Å². The smallest absolute Gasteiger partial charge is 0.191 e. The van der Waals surface area contributed by atoms with E-state index in [4.69, 9.17) is 0 Å². The van der Waals surface area contributed by atoms with Crippen molar-refractivity contribution in [1.82, 2.24) is 30.0 Å². The van der Waals surface area contributed by atoms with Crippen LogP contribution in [0.2, 0.25) is 0 Å². The van der Waals surface area contributed by atoms with Crippen LogP contribution in [0.4, 0.5) is 0 Å². The summed E-state index contributed by atoms with van der Waals surface area (Å²) in [4.78, 5) is 8.89. The van der Waals surface area contributed by atoms with Gasteiger partial charge in [0.1, 0.15) is 5.82 Å². The Kier molecular flexibility index (Phi) is 4.27. The molecule has 7 heteroatoms. The predicted molar refractivity (Wildman–Crippen MR) is 91.0 cm³/mol. The maximum Gasteiger partial charge on any atom is 0.191 e. The minimum absolute atomic E-state index is 0.607. The monoisotopic (exact) mass is 311 g/mol. The second-order valence-corrected chi connectivity index (χ2v) is 5.30. The Labute approximate surface area is 135 Å². The Bertz CT molecular complexity index is 828. The van der Waals surface area contributed by atoms with Gasteiger partial charge in [-0.2, -0.15) is 5.10 Å². The highest BCUT2D eigenvalue weighted by molar-refractivity contribution is 5.80. The van der Waals surface area contributed by atoms with Gasteiger partial charge in [-0.3, -0.25) is 9.67 Å². The van der Waals surface area contributed by atoms with Crippen LogP contribution < -0.4 is 10.6 Å². The molecule has 0 fully saturated rings. The third-order valence-corrected chi connectivity index (χ3v) is 3.88. The predicted octanol–water partition coefficient (Wildman–Crippen LogP) is 1.17. The number of nitrogens with one attached hydrogen (secondary N) is 2. The quantitative estimate of drug-likeness (QED) is 0.560. The average Bonchev–Trinajstić information content (AvgIpc) is 3.12. The maximum absolute atomic E-state index is 4.65. The molecule has 0 saturated heterocycles. The van der Waals surface area contributed by atoms with Crippen molar-refractivity contribution in [3.8, 4) is 0 Å². The number of benzene rings is 1. The topological polar surface area (TPSA) is 72.1 Å². The van der Waals surface area contributed by atoms with Crippen molar-refractivity contribution < 1.29 is 0 Å². The highest BCUT2D eigenvalue weighted by Crippen LogP contribution is 2.13. The number of para-hydroxylation sites is 2. The largest absolute Gasteiger partial charge is 0.351 e. The van der Waals surface area contributed by atoms with Crippen molar-refractivity contribution in [2.24, 2.45) is 19.1 Å². The molecule has 0 aliphatic rings. The lowest BCUT2D eigenvalue weighted by Crippen LogP contribution is -2.37. The molecule has 0 saturated carbocycles. The zero-order chi connectivity index (χ0) is 16.2. The first-order valence-corrected chi connectivity index (χ1v) is 7.51. The third kappa shape index (κ3) is 3.18. The van der Waals surface area contributed by atoms with Crippen LogP contribution in [0, 0.1) is 0 Å². The van der Waals surface area contributed by atoms with Crippen LogP contribution in [0.5, 0.6) is 0 Å². The van der Waals surface area contributed by atoms with Crippen LogP contribution in [0.15, 0.2) is 41.5 Å². The standard InChI is InChI=1S/C16H21N7/c1-17-16(18-10-12-8-9-20-23(12)3)19-11-15-21-13-6-4-5-7-14(13)22(15)2/h4-9H,10-11H2,1-3H3,(H2,17,18,19). The molecule has 2 aromatic heterocycles. The Morgan fingerprint density at radius 2 is 1.91 bits per heavy atom. The van der Waals surface area contributed by atoms with Gasteiger partial charge < -0.3 is 15.2 Å². The van der Waals surface area contributed by atoms with E-state index in [1.165, 1.54) is 0 Å². The van der Waals surface area contributed by atoms with Crippen molar-refractivity contribution in [2.75, 3.05) is 7.05 Å². The zero-order valence-corrected chi connectivity index (χ0v) is 13.6. The second kappa shape index (κ2) is 6.51. The van der Waals surface area contributed by atoms with Crippen LogP contribution in [-0.4, -0.2) is 32.3 Å². The molecule has 2 heterocycles. The Balaban J connectivity index is 1.63. The maximum atomic E-state index is 4.65. The van der Waals surface area contributed by atoms with Crippen LogP contribution >= 0.6 is 0 Å². The summed E-state index contributed by atoms with van der Waals surface area (Å²) in [7, 11) is 5.71. The van der Waals surface area contributed by atoms with E-state index in [0.717, 1.165) is 28.5 Å². The van der Waals surface area contributed by atoms with Gasteiger partial charge in [0.25, 0.3) is 0 Å².